The van der Waals surface area contributed by atoms with Crippen molar-refractivity contribution in [2.75, 3.05) is 26.7 Å². The molecule has 1 heterocycles. The van der Waals surface area contributed by atoms with Gasteiger partial charge in [-0.05, 0) is 20.8 Å². The summed E-state index contributed by atoms with van der Waals surface area (Å²) in [4.78, 5) is 25.8. The summed E-state index contributed by atoms with van der Waals surface area (Å²) < 4.78 is 41.9. The average Bonchev–Trinajstić information content (AvgIpc) is 2.28. The van der Waals surface area contributed by atoms with Crippen molar-refractivity contribution in [1.29, 1.82) is 0 Å². The highest BCUT2D eigenvalue weighted by Gasteiger charge is 2.40. The number of halogens is 3. The highest BCUT2D eigenvalue weighted by Crippen LogP contribution is 2.24. The molecule has 23 heavy (non-hydrogen) atoms. The summed E-state index contributed by atoms with van der Waals surface area (Å²) in [5.41, 5.74) is -0.605. The summed E-state index contributed by atoms with van der Waals surface area (Å²) in [5.74, 6) is -0.609. The van der Waals surface area contributed by atoms with Crippen LogP contribution in [0.3, 0.4) is 0 Å². The van der Waals surface area contributed by atoms with E-state index in [9.17, 15) is 22.8 Å². The van der Waals surface area contributed by atoms with Crippen molar-refractivity contribution in [2.45, 2.75) is 45.1 Å². The number of carbonyl (C=O) groups excluding carboxylic acids is 2. The molecular formula is C14H23F3N2O4. The SMILES string of the molecule is CN(C[C@H](O)C(F)(F)F)C(=O)CC1CN(C(=O)OC(C)(C)C)C1. The van der Waals surface area contributed by atoms with Crippen molar-refractivity contribution in [3.05, 3.63) is 0 Å². The fourth-order valence-electron chi connectivity index (χ4n) is 2.04. The summed E-state index contributed by atoms with van der Waals surface area (Å²) in [5, 5.41) is 8.94. The van der Waals surface area contributed by atoms with Crippen LogP contribution in [-0.4, -0.2) is 71.5 Å². The Morgan fingerprint density at radius 3 is 2.26 bits per heavy atom. The van der Waals surface area contributed by atoms with Gasteiger partial charge >= 0.3 is 12.3 Å². The molecule has 1 rings (SSSR count). The highest BCUT2D eigenvalue weighted by atomic mass is 19.4. The van der Waals surface area contributed by atoms with Crippen molar-refractivity contribution in [3.63, 3.8) is 0 Å². The van der Waals surface area contributed by atoms with E-state index >= 15 is 0 Å². The molecule has 0 aromatic carbocycles. The molecule has 0 aromatic heterocycles. The second-order valence-corrected chi connectivity index (χ2v) is 6.79. The van der Waals surface area contributed by atoms with Crippen LogP contribution < -0.4 is 0 Å². The molecule has 2 amide bonds. The minimum atomic E-state index is -4.75. The summed E-state index contributed by atoms with van der Waals surface area (Å²) in [6, 6.07) is 0. The molecule has 0 aliphatic carbocycles. The standard InChI is InChI=1S/C14H23F3N2O4/c1-13(2,3)23-12(22)19-6-9(7-19)5-11(21)18(4)8-10(20)14(15,16)17/h9-10,20H,5-8H2,1-4H3/t10-/m0/s1. The average molecular weight is 340 g/mol. The van der Waals surface area contributed by atoms with Crippen molar-refractivity contribution in [2.24, 2.45) is 5.92 Å². The Bertz CT molecular complexity index is 442. The molecule has 1 N–H and O–H groups in total. The predicted octanol–water partition coefficient (Wildman–Crippen LogP) is 1.62. The molecule has 0 radical (unpaired) electrons. The number of carbonyl (C=O) groups is 2. The summed E-state index contributed by atoms with van der Waals surface area (Å²) in [7, 11) is 1.21. The van der Waals surface area contributed by atoms with Gasteiger partial charge in [0.1, 0.15) is 5.60 Å². The van der Waals surface area contributed by atoms with Gasteiger partial charge in [0.15, 0.2) is 6.10 Å². The number of alkyl halides is 3. The molecule has 1 aliphatic heterocycles. The minimum absolute atomic E-state index is 0.0281. The van der Waals surface area contributed by atoms with Crippen LogP contribution in [0, 0.1) is 5.92 Å². The monoisotopic (exact) mass is 340 g/mol. The smallest absolute Gasteiger partial charge is 0.416 e. The first kappa shape index (κ1) is 19.5. The lowest BCUT2D eigenvalue weighted by Crippen LogP contribution is -2.53. The van der Waals surface area contributed by atoms with Gasteiger partial charge in [0, 0.05) is 32.5 Å². The zero-order valence-corrected chi connectivity index (χ0v) is 13.7. The Morgan fingerprint density at radius 2 is 1.83 bits per heavy atom. The van der Waals surface area contributed by atoms with Gasteiger partial charge in [-0.25, -0.2) is 4.79 Å². The molecule has 0 spiro atoms. The molecule has 0 unspecified atom stereocenters. The topological polar surface area (TPSA) is 70.1 Å². The third-order valence-electron chi connectivity index (χ3n) is 3.32. The van der Waals surface area contributed by atoms with Crippen molar-refractivity contribution < 1.29 is 32.6 Å². The van der Waals surface area contributed by atoms with Crippen molar-refractivity contribution in [3.8, 4) is 0 Å². The fourth-order valence-corrected chi connectivity index (χ4v) is 2.04. The molecule has 0 bridgehead atoms. The molecule has 1 fully saturated rings. The first-order chi connectivity index (χ1) is 10.3. The number of aliphatic hydroxyl groups excluding tert-OH is 1. The largest absolute Gasteiger partial charge is 0.444 e. The van der Waals surface area contributed by atoms with Crippen LogP contribution in [-0.2, 0) is 9.53 Å². The molecule has 1 atom stereocenters. The zero-order chi connectivity index (χ0) is 18.0. The van der Waals surface area contributed by atoms with Crippen LogP contribution in [0.15, 0.2) is 0 Å². The summed E-state index contributed by atoms with van der Waals surface area (Å²) in [6.45, 7) is 5.09. The van der Waals surface area contributed by atoms with Gasteiger partial charge in [0.25, 0.3) is 0 Å². The molecule has 1 saturated heterocycles. The van der Waals surface area contributed by atoms with Crippen LogP contribution in [0.25, 0.3) is 0 Å². The fraction of sp³-hybridized carbons (Fsp3) is 0.857. The number of likely N-dealkylation sites (N-methyl/N-ethyl adjacent to an activating group) is 1. The molecule has 6 nitrogen and oxygen atoms in total. The first-order valence-corrected chi connectivity index (χ1v) is 7.26. The van der Waals surface area contributed by atoms with E-state index in [1.165, 1.54) is 11.9 Å². The van der Waals surface area contributed by atoms with Gasteiger partial charge in [-0.15, -0.1) is 0 Å². The van der Waals surface area contributed by atoms with E-state index < -0.39 is 36.4 Å². The van der Waals surface area contributed by atoms with Gasteiger partial charge in [0.05, 0.1) is 6.54 Å². The van der Waals surface area contributed by atoms with E-state index in [1.54, 1.807) is 20.8 Å². The minimum Gasteiger partial charge on any atom is -0.444 e. The lowest BCUT2D eigenvalue weighted by Gasteiger charge is -2.40. The van der Waals surface area contributed by atoms with Crippen LogP contribution >= 0.6 is 0 Å². The van der Waals surface area contributed by atoms with Crippen LogP contribution in [0.1, 0.15) is 27.2 Å². The Balaban J connectivity index is 2.34. The van der Waals surface area contributed by atoms with E-state index in [1.807, 2.05) is 0 Å². The number of aliphatic hydroxyl groups is 1. The second kappa shape index (κ2) is 6.94. The number of rotatable bonds is 4. The van der Waals surface area contributed by atoms with Gasteiger partial charge in [-0.2, -0.15) is 13.2 Å². The van der Waals surface area contributed by atoms with E-state index in [0.717, 1.165) is 4.90 Å². The number of nitrogens with zero attached hydrogens (tertiary/aromatic N) is 2. The molecular weight excluding hydrogens is 317 g/mol. The van der Waals surface area contributed by atoms with E-state index in [2.05, 4.69) is 0 Å². The first-order valence-electron chi connectivity index (χ1n) is 7.26. The maximum atomic E-state index is 12.2. The molecule has 0 saturated carbocycles. The number of ether oxygens (including phenoxy) is 1. The number of amides is 2. The van der Waals surface area contributed by atoms with E-state index in [4.69, 9.17) is 9.84 Å². The molecule has 1 aliphatic rings. The van der Waals surface area contributed by atoms with Crippen molar-refractivity contribution in [1.82, 2.24) is 9.80 Å². The quantitative estimate of drug-likeness (QED) is 0.844. The van der Waals surface area contributed by atoms with Gasteiger partial charge in [0.2, 0.25) is 5.91 Å². The van der Waals surface area contributed by atoms with Crippen LogP contribution in [0.5, 0.6) is 0 Å². The van der Waals surface area contributed by atoms with Crippen molar-refractivity contribution >= 4 is 12.0 Å². The Labute approximate surface area is 133 Å². The summed E-state index contributed by atoms with van der Waals surface area (Å²) >= 11 is 0. The number of likely N-dealkylation sites (tertiary alicyclic amines) is 1. The van der Waals surface area contributed by atoms with E-state index in [0.29, 0.717) is 13.1 Å². The second-order valence-electron chi connectivity index (χ2n) is 6.79. The third kappa shape index (κ3) is 6.25. The Kier molecular flexibility index (Phi) is 5.89. The van der Waals surface area contributed by atoms with E-state index in [-0.39, 0.29) is 12.3 Å². The maximum Gasteiger partial charge on any atom is 0.416 e. The molecule has 0 aromatic rings. The lowest BCUT2D eigenvalue weighted by atomic mass is 9.96. The molecule has 134 valence electrons. The van der Waals surface area contributed by atoms with Gasteiger partial charge in [-0.1, -0.05) is 0 Å². The molecule has 9 heteroatoms. The Hall–Kier alpha value is -1.51. The summed E-state index contributed by atoms with van der Waals surface area (Å²) in [6.07, 6.45) is -7.75. The van der Waals surface area contributed by atoms with Gasteiger partial charge < -0.3 is 19.6 Å². The van der Waals surface area contributed by atoms with Gasteiger partial charge in [-0.3, -0.25) is 4.79 Å². The third-order valence-corrected chi connectivity index (χ3v) is 3.32. The maximum absolute atomic E-state index is 12.2. The normalized spacial score (nSPS) is 17.5. The lowest BCUT2D eigenvalue weighted by molar-refractivity contribution is -0.207. The zero-order valence-electron chi connectivity index (χ0n) is 13.7. The number of hydrogen-bond acceptors (Lipinski definition) is 4. The Morgan fingerprint density at radius 1 is 1.30 bits per heavy atom. The van der Waals surface area contributed by atoms with Crippen LogP contribution in [0.4, 0.5) is 18.0 Å². The predicted molar refractivity (Wildman–Crippen MR) is 75.6 cm³/mol. The highest BCUT2D eigenvalue weighted by molar-refractivity contribution is 5.77. The number of hydrogen-bond donors (Lipinski definition) is 1. The van der Waals surface area contributed by atoms with Crippen LogP contribution in [0.2, 0.25) is 0 Å².